The lowest BCUT2D eigenvalue weighted by atomic mass is 10.2. The lowest BCUT2D eigenvalue weighted by molar-refractivity contribution is 0.0376. The topological polar surface area (TPSA) is 63.5 Å². The molecule has 1 amide bonds. The van der Waals surface area contributed by atoms with E-state index in [9.17, 15) is 4.79 Å². The molecule has 1 fully saturated rings. The maximum absolute atomic E-state index is 13.6. The second kappa shape index (κ2) is 9.65. The zero-order valence-electron chi connectivity index (χ0n) is 18.2. The SMILES string of the molecule is Cc1ccc(Cl)c2sc(N(CCCN3CCOCC3)C(=O)c3ccnn3C(C)C)nc12. The Bertz CT molecular complexity index is 1020. The van der Waals surface area contributed by atoms with Gasteiger partial charge in [-0.05, 0) is 44.9 Å². The van der Waals surface area contributed by atoms with Gasteiger partial charge < -0.3 is 4.74 Å². The van der Waals surface area contributed by atoms with Gasteiger partial charge in [0.1, 0.15) is 5.69 Å². The minimum Gasteiger partial charge on any atom is -0.379 e. The van der Waals surface area contributed by atoms with Crippen molar-refractivity contribution in [1.82, 2.24) is 19.7 Å². The average Bonchev–Trinajstić information content (AvgIpc) is 3.42. The fourth-order valence-corrected chi connectivity index (χ4v) is 5.14. The highest BCUT2D eigenvalue weighted by molar-refractivity contribution is 7.23. The lowest BCUT2D eigenvalue weighted by Gasteiger charge is -2.28. The quantitative estimate of drug-likeness (QED) is 0.521. The van der Waals surface area contributed by atoms with Crippen molar-refractivity contribution in [3.63, 3.8) is 0 Å². The number of anilines is 1. The largest absolute Gasteiger partial charge is 0.379 e. The second-order valence-electron chi connectivity index (χ2n) is 8.06. The number of thiazole rings is 1. The minimum atomic E-state index is -0.0824. The third kappa shape index (κ3) is 4.77. The molecule has 0 radical (unpaired) electrons. The van der Waals surface area contributed by atoms with Crippen molar-refractivity contribution in [2.45, 2.75) is 33.2 Å². The molecular weight excluding hydrogens is 434 g/mol. The van der Waals surface area contributed by atoms with Crippen LogP contribution in [0.5, 0.6) is 0 Å². The Morgan fingerprint density at radius 2 is 2.06 bits per heavy atom. The molecule has 3 aromatic rings. The molecule has 0 atom stereocenters. The van der Waals surface area contributed by atoms with E-state index in [4.69, 9.17) is 21.3 Å². The number of halogens is 1. The predicted molar refractivity (Wildman–Crippen MR) is 126 cm³/mol. The van der Waals surface area contributed by atoms with Gasteiger partial charge in [-0.15, -0.1) is 0 Å². The number of ether oxygens (including phenoxy) is 1. The molecule has 1 saturated heterocycles. The summed E-state index contributed by atoms with van der Waals surface area (Å²) in [6.45, 7) is 11.0. The number of rotatable bonds is 7. The number of benzene rings is 1. The summed E-state index contributed by atoms with van der Waals surface area (Å²) in [5, 5.41) is 5.69. The van der Waals surface area contributed by atoms with Crippen LogP contribution < -0.4 is 4.90 Å². The molecule has 9 heteroatoms. The highest BCUT2D eigenvalue weighted by Gasteiger charge is 2.26. The molecule has 3 heterocycles. The van der Waals surface area contributed by atoms with E-state index in [0.717, 1.165) is 55.0 Å². The van der Waals surface area contributed by atoms with Crippen LogP contribution in [0.25, 0.3) is 10.2 Å². The Morgan fingerprint density at radius 3 is 2.77 bits per heavy atom. The summed E-state index contributed by atoms with van der Waals surface area (Å²) in [5.74, 6) is -0.0824. The summed E-state index contributed by atoms with van der Waals surface area (Å²) in [4.78, 5) is 22.6. The summed E-state index contributed by atoms with van der Waals surface area (Å²) in [5.41, 5.74) is 2.48. The van der Waals surface area contributed by atoms with Crippen LogP contribution in [0.4, 0.5) is 5.13 Å². The van der Waals surface area contributed by atoms with Crippen LogP contribution in [0.2, 0.25) is 5.02 Å². The minimum absolute atomic E-state index is 0.0824. The van der Waals surface area contributed by atoms with Crippen LogP contribution in [0.3, 0.4) is 0 Å². The van der Waals surface area contributed by atoms with Gasteiger partial charge >= 0.3 is 0 Å². The van der Waals surface area contributed by atoms with Crippen LogP contribution in [-0.4, -0.2) is 65.0 Å². The van der Waals surface area contributed by atoms with Gasteiger partial charge in [-0.2, -0.15) is 5.10 Å². The van der Waals surface area contributed by atoms with E-state index in [2.05, 4.69) is 10.00 Å². The van der Waals surface area contributed by atoms with E-state index in [1.54, 1.807) is 21.8 Å². The van der Waals surface area contributed by atoms with Crippen LogP contribution in [0.1, 0.15) is 42.4 Å². The summed E-state index contributed by atoms with van der Waals surface area (Å²) >= 11 is 7.90. The molecule has 1 aromatic carbocycles. The van der Waals surface area contributed by atoms with Gasteiger partial charge in [0.05, 0.1) is 28.5 Å². The Kier molecular flexibility index (Phi) is 6.91. The molecule has 31 heavy (non-hydrogen) atoms. The monoisotopic (exact) mass is 461 g/mol. The van der Waals surface area contributed by atoms with Gasteiger partial charge in [-0.1, -0.05) is 29.0 Å². The van der Waals surface area contributed by atoms with Crippen molar-refractivity contribution in [2.24, 2.45) is 0 Å². The third-order valence-electron chi connectivity index (χ3n) is 5.50. The first-order chi connectivity index (χ1) is 15.0. The number of nitrogens with zero attached hydrogens (tertiary/aromatic N) is 5. The lowest BCUT2D eigenvalue weighted by Crippen LogP contribution is -2.39. The summed E-state index contributed by atoms with van der Waals surface area (Å²) in [6.07, 6.45) is 2.53. The van der Waals surface area contributed by atoms with E-state index in [1.165, 1.54) is 11.3 Å². The number of carbonyl (C=O) groups is 1. The Hall–Kier alpha value is -2.00. The highest BCUT2D eigenvalue weighted by Crippen LogP contribution is 2.36. The van der Waals surface area contributed by atoms with Crippen molar-refractivity contribution in [2.75, 3.05) is 44.3 Å². The van der Waals surface area contributed by atoms with Gasteiger partial charge in [-0.3, -0.25) is 19.3 Å². The Morgan fingerprint density at radius 1 is 1.29 bits per heavy atom. The molecule has 0 aliphatic carbocycles. The predicted octanol–water partition coefficient (Wildman–Crippen LogP) is 4.40. The van der Waals surface area contributed by atoms with E-state index >= 15 is 0 Å². The number of morpholine rings is 1. The summed E-state index contributed by atoms with van der Waals surface area (Å²) < 4.78 is 8.12. The molecule has 0 spiro atoms. The number of carbonyl (C=O) groups excluding carboxylic acids is 1. The van der Waals surface area contributed by atoms with Crippen molar-refractivity contribution in [3.8, 4) is 0 Å². The summed E-state index contributed by atoms with van der Waals surface area (Å²) in [7, 11) is 0. The van der Waals surface area contributed by atoms with Crippen LogP contribution >= 0.6 is 22.9 Å². The zero-order valence-corrected chi connectivity index (χ0v) is 19.7. The van der Waals surface area contributed by atoms with Crippen LogP contribution in [-0.2, 0) is 4.74 Å². The van der Waals surface area contributed by atoms with E-state index in [1.807, 2.05) is 32.9 Å². The molecule has 1 aliphatic heterocycles. The van der Waals surface area contributed by atoms with Gasteiger partial charge in [0.15, 0.2) is 5.13 Å². The van der Waals surface area contributed by atoms with Crippen molar-refractivity contribution in [3.05, 3.63) is 40.7 Å². The van der Waals surface area contributed by atoms with Crippen LogP contribution in [0.15, 0.2) is 24.4 Å². The van der Waals surface area contributed by atoms with Crippen molar-refractivity contribution < 1.29 is 9.53 Å². The number of amides is 1. The summed E-state index contributed by atoms with van der Waals surface area (Å²) in [6, 6.07) is 5.73. The van der Waals surface area contributed by atoms with Gasteiger partial charge in [0.2, 0.25) is 0 Å². The maximum atomic E-state index is 13.6. The van der Waals surface area contributed by atoms with Crippen molar-refractivity contribution >= 4 is 44.2 Å². The smallest absolute Gasteiger partial charge is 0.278 e. The molecule has 2 aromatic heterocycles. The Labute approximate surface area is 191 Å². The fourth-order valence-electron chi connectivity index (χ4n) is 3.80. The van der Waals surface area contributed by atoms with Gasteiger partial charge in [-0.25, -0.2) is 4.98 Å². The number of hydrogen-bond donors (Lipinski definition) is 0. The highest BCUT2D eigenvalue weighted by atomic mass is 35.5. The molecule has 0 saturated carbocycles. The number of aryl methyl sites for hydroxylation is 1. The first-order valence-corrected chi connectivity index (χ1v) is 11.9. The normalized spacial score (nSPS) is 15.1. The average molecular weight is 462 g/mol. The number of fused-ring (bicyclic) bond motifs is 1. The molecule has 7 nitrogen and oxygen atoms in total. The Balaban J connectivity index is 1.63. The van der Waals surface area contributed by atoms with Gasteiger partial charge in [0.25, 0.3) is 5.91 Å². The fraction of sp³-hybridized carbons (Fsp3) is 0.500. The van der Waals surface area contributed by atoms with E-state index < -0.39 is 0 Å². The van der Waals surface area contributed by atoms with E-state index in [0.29, 0.717) is 22.4 Å². The molecule has 0 bridgehead atoms. The zero-order chi connectivity index (χ0) is 22.0. The number of hydrogen-bond acceptors (Lipinski definition) is 6. The number of aromatic nitrogens is 3. The molecule has 166 valence electrons. The van der Waals surface area contributed by atoms with Gasteiger partial charge in [0, 0.05) is 38.4 Å². The molecular formula is C22H28ClN5O2S. The molecule has 0 unspecified atom stereocenters. The first kappa shape index (κ1) is 22.2. The molecule has 0 N–H and O–H groups in total. The third-order valence-corrected chi connectivity index (χ3v) is 7.04. The second-order valence-corrected chi connectivity index (χ2v) is 9.44. The maximum Gasteiger partial charge on any atom is 0.278 e. The van der Waals surface area contributed by atoms with Crippen molar-refractivity contribution in [1.29, 1.82) is 0 Å². The first-order valence-electron chi connectivity index (χ1n) is 10.7. The van der Waals surface area contributed by atoms with E-state index in [-0.39, 0.29) is 11.9 Å². The van der Waals surface area contributed by atoms with Crippen LogP contribution in [0, 0.1) is 6.92 Å². The standard InChI is InChI=1S/C22H28ClN5O2S/c1-15(2)28-18(7-8-24-28)21(29)27(10-4-9-26-11-13-30-14-12-26)22-25-19-16(3)5-6-17(23)20(19)31-22/h5-8,15H,4,9-14H2,1-3H3. The molecule has 1 aliphatic rings. The molecule has 4 rings (SSSR count).